The third kappa shape index (κ3) is 2.56. The number of amides is 1. The summed E-state index contributed by atoms with van der Waals surface area (Å²) in [6.07, 6.45) is 4.64. The molecular formula is C14H17N3OS. The van der Waals surface area contributed by atoms with Crippen molar-refractivity contribution in [1.82, 2.24) is 14.9 Å². The molecule has 100 valence electrons. The van der Waals surface area contributed by atoms with E-state index in [-0.39, 0.29) is 5.91 Å². The minimum absolute atomic E-state index is 0.0488. The lowest BCUT2D eigenvalue weighted by Crippen LogP contribution is -2.35. The number of fused-ring (bicyclic) bond motifs is 1. The summed E-state index contributed by atoms with van der Waals surface area (Å²) in [7, 11) is 0. The zero-order valence-electron chi connectivity index (χ0n) is 10.7. The van der Waals surface area contributed by atoms with Gasteiger partial charge in [0.1, 0.15) is 6.54 Å². The van der Waals surface area contributed by atoms with E-state index in [9.17, 15) is 4.79 Å². The summed E-state index contributed by atoms with van der Waals surface area (Å²) in [5.74, 6) is 0.0488. The number of carbonyl (C=O) groups excluding carboxylic acids is 1. The van der Waals surface area contributed by atoms with Crippen LogP contribution in [0.1, 0.15) is 25.7 Å². The molecule has 1 aromatic carbocycles. The largest absolute Gasteiger partial charge is 0.352 e. The zero-order valence-corrected chi connectivity index (χ0v) is 11.5. The number of rotatable bonds is 3. The third-order valence-electron chi connectivity index (χ3n) is 3.70. The van der Waals surface area contributed by atoms with Gasteiger partial charge in [0.25, 0.3) is 0 Å². The molecule has 0 atom stereocenters. The number of aromatic nitrogens is 2. The van der Waals surface area contributed by atoms with Crippen molar-refractivity contribution in [2.75, 3.05) is 0 Å². The van der Waals surface area contributed by atoms with Gasteiger partial charge in [-0.15, -0.1) is 0 Å². The lowest BCUT2D eigenvalue weighted by Gasteiger charge is -2.12. The standard InChI is InChI=1S/C14H17N3OS/c18-13(15-10-5-1-2-6-10)9-17-12-8-4-3-7-11(12)16-14(17)19/h3-4,7-8,10H,1-2,5-6,9H2,(H,15,18)(H,16,19). The molecule has 1 saturated carbocycles. The van der Waals surface area contributed by atoms with E-state index in [4.69, 9.17) is 12.2 Å². The number of H-pyrrole nitrogens is 1. The molecule has 0 bridgehead atoms. The monoisotopic (exact) mass is 275 g/mol. The van der Waals surface area contributed by atoms with Gasteiger partial charge in [0.2, 0.25) is 5.91 Å². The number of aromatic amines is 1. The fourth-order valence-electron chi connectivity index (χ4n) is 2.75. The Bertz CT molecular complexity index is 652. The molecule has 1 fully saturated rings. The van der Waals surface area contributed by atoms with E-state index in [1.165, 1.54) is 12.8 Å². The molecule has 0 aliphatic heterocycles. The smallest absolute Gasteiger partial charge is 0.240 e. The maximum atomic E-state index is 12.1. The Kier molecular flexibility index (Phi) is 3.38. The summed E-state index contributed by atoms with van der Waals surface area (Å²) in [5.41, 5.74) is 1.95. The van der Waals surface area contributed by atoms with Crippen LogP contribution in [0.3, 0.4) is 0 Å². The first-order valence-electron chi connectivity index (χ1n) is 6.71. The first kappa shape index (κ1) is 12.4. The highest BCUT2D eigenvalue weighted by molar-refractivity contribution is 7.71. The van der Waals surface area contributed by atoms with Crippen LogP contribution in [0.5, 0.6) is 0 Å². The van der Waals surface area contributed by atoms with Gasteiger partial charge < -0.3 is 14.9 Å². The van der Waals surface area contributed by atoms with Crippen LogP contribution in [0.4, 0.5) is 0 Å². The number of hydrogen-bond acceptors (Lipinski definition) is 2. The Hall–Kier alpha value is -1.62. The van der Waals surface area contributed by atoms with Crippen LogP contribution in [-0.2, 0) is 11.3 Å². The summed E-state index contributed by atoms with van der Waals surface area (Å²) >= 11 is 5.28. The summed E-state index contributed by atoms with van der Waals surface area (Å²) < 4.78 is 2.46. The van der Waals surface area contributed by atoms with E-state index in [0.29, 0.717) is 17.4 Å². The molecule has 1 aliphatic carbocycles. The van der Waals surface area contributed by atoms with E-state index in [1.54, 1.807) is 0 Å². The van der Waals surface area contributed by atoms with Gasteiger partial charge in [-0.05, 0) is 37.2 Å². The van der Waals surface area contributed by atoms with Crippen LogP contribution >= 0.6 is 12.2 Å². The van der Waals surface area contributed by atoms with Crippen molar-refractivity contribution in [2.45, 2.75) is 38.3 Å². The number of para-hydroxylation sites is 2. The number of imidazole rings is 1. The van der Waals surface area contributed by atoms with Gasteiger partial charge >= 0.3 is 0 Å². The molecule has 1 amide bonds. The van der Waals surface area contributed by atoms with Crippen molar-refractivity contribution in [3.05, 3.63) is 29.0 Å². The van der Waals surface area contributed by atoms with E-state index in [1.807, 2.05) is 28.8 Å². The summed E-state index contributed by atoms with van der Waals surface area (Å²) in [4.78, 5) is 15.2. The summed E-state index contributed by atoms with van der Waals surface area (Å²) in [6.45, 7) is 0.291. The molecule has 1 aliphatic rings. The maximum absolute atomic E-state index is 12.1. The first-order valence-corrected chi connectivity index (χ1v) is 7.12. The first-order chi connectivity index (χ1) is 9.24. The predicted molar refractivity (Wildman–Crippen MR) is 77.5 cm³/mol. The fourth-order valence-corrected chi connectivity index (χ4v) is 3.02. The molecule has 19 heavy (non-hydrogen) atoms. The molecule has 4 nitrogen and oxygen atoms in total. The third-order valence-corrected chi connectivity index (χ3v) is 4.03. The molecule has 1 aromatic heterocycles. The number of nitrogens with one attached hydrogen (secondary N) is 2. The van der Waals surface area contributed by atoms with Crippen LogP contribution in [0.25, 0.3) is 11.0 Å². The summed E-state index contributed by atoms with van der Waals surface area (Å²) in [5, 5.41) is 3.09. The van der Waals surface area contributed by atoms with Crippen LogP contribution in [-0.4, -0.2) is 21.5 Å². The van der Waals surface area contributed by atoms with Crippen molar-refractivity contribution in [1.29, 1.82) is 0 Å². The topological polar surface area (TPSA) is 49.8 Å². The van der Waals surface area contributed by atoms with Crippen LogP contribution in [0.2, 0.25) is 0 Å². The average molecular weight is 275 g/mol. The Labute approximate surface area is 116 Å². The minimum atomic E-state index is 0.0488. The van der Waals surface area contributed by atoms with Gasteiger partial charge in [-0.2, -0.15) is 0 Å². The Morgan fingerprint density at radius 3 is 2.89 bits per heavy atom. The minimum Gasteiger partial charge on any atom is -0.352 e. The Balaban J connectivity index is 1.79. The number of hydrogen-bond donors (Lipinski definition) is 2. The lowest BCUT2D eigenvalue weighted by molar-refractivity contribution is -0.122. The van der Waals surface area contributed by atoms with Crippen molar-refractivity contribution < 1.29 is 4.79 Å². The van der Waals surface area contributed by atoms with Gasteiger partial charge in [-0.25, -0.2) is 0 Å². The van der Waals surface area contributed by atoms with E-state index >= 15 is 0 Å². The second-order valence-electron chi connectivity index (χ2n) is 5.08. The summed E-state index contributed by atoms with van der Waals surface area (Å²) in [6, 6.07) is 8.21. The van der Waals surface area contributed by atoms with Crippen molar-refractivity contribution in [3.63, 3.8) is 0 Å². The van der Waals surface area contributed by atoms with Crippen LogP contribution in [0, 0.1) is 4.77 Å². The molecule has 0 unspecified atom stereocenters. The van der Waals surface area contributed by atoms with Crippen LogP contribution in [0.15, 0.2) is 24.3 Å². The molecule has 5 heteroatoms. The molecular weight excluding hydrogens is 258 g/mol. The average Bonchev–Trinajstić information content (AvgIpc) is 2.99. The second-order valence-corrected chi connectivity index (χ2v) is 5.47. The molecule has 2 aromatic rings. The number of benzene rings is 1. The highest BCUT2D eigenvalue weighted by atomic mass is 32.1. The molecule has 0 spiro atoms. The second kappa shape index (κ2) is 5.17. The van der Waals surface area contributed by atoms with E-state index in [2.05, 4.69) is 10.3 Å². The van der Waals surface area contributed by atoms with Crippen LogP contribution < -0.4 is 5.32 Å². The lowest BCUT2D eigenvalue weighted by atomic mass is 10.2. The fraction of sp³-hybridized carbons (Fsp3) is 0.429. The van der Waals surface area contributed by atoms with Gasteiger partial charge in [-0.1, -0.05) is 25.0 Å². The number of carbonyl (C=O) groups is 1. The SMILES string of the molecule is O=C(Cn1c(=S)[nH]c2ccccc21)NC1CCCC1. The quantitative estimate of drug-likeness (QED) is 0.846. The Morgan fingerprint density at radius 2 is 2.11 bits per heavy atom. The highest BCUT2D eigenvalue weighted by Gasteiger charge is 2.17. The van der Waals surface area contributed by atoms with Gasteiger partial charge in [0.15, 0.2) is 4.77 Å². The van der Waals surface area contributed by atoms with Gasteiger partial charge in [0.05, 0.1) is 11.0 Å². The molecule has 3 rings (SSSR count). The molecule has 0 saturated heterocycles. The van der Waals surface area contributed by atoms with E-state index < -0.39 is 0 Å². The number of nitrogens with zero attached hydrogens (tertiary/aromatic N) is 1. The highest BCUT2D eigenvalue weighted by Crippen LogP contribution is 2.18. The molecule has 1 heterocycles. The van der Waals surface area contributed by atoms with Crippen molar-refractivity contribution >= 4 is 29.2 Å². The molecule has 2 N–H and O–H groups in total. The van der Waals surface area contributed by atoms with Crippen molar-refractivity contribution in [3.8, 4) is 0 Å². The zero-order chi connectivity index (χ0) is 13.2. The Morgan fingerprint density at radius 1 is 1.37 bits per heavy atom. The van der Waals surface area contributed by atoms with Gasteiger partial charge in [-0.3, -0.25) is 4.79 Å². The predicted octanol–water partition coefficient (Wildman–Crippen LogP) is 2.76. The van der Waals surface area contributed by atoms with E-state index in [0.717, 1.165) is 23.9 Å². The molecule has 0 radical (unpaired) electrons. The normalized spacial score (nSPS) is 16.0. The van der Waals surface area contributed by atoms with Crippen molar-refractivity contribution in [2.24, 2.45) is 0 Å². The maximum Gasteiger partial charge on any atom is 0.240 e. The van der Waals surface area contributed by atoms with Gasteiger partial charge in [0, 0.05) is 6.04 Å².